The molecule has 1 aliphatic heterocycles. The summed E-state index contributed by atoms with van der Waals surface area (Å²) >= 11 is 0. The number of nitrogen functional groups attached to an aromatic ring is 1. The predicted octanol–water partition coefficient (Wildman–Crippen LogP) is 8.99. The number of hydrogen-bond acceptors (Lipinski definition) is 16. The van der Waals surface area contributed by atoms with E-state index < -0.39 is 83.7 Å². The SMILES string of the molecule is CCCC(O)C/C=C\C/C=C\C/C=C\C/C=C\CCCC(=O)OC[C@H](COP(=O)(O)OP(=O)(O)OC[C@H]1O[C@@H](n2ccc(N)nc2=O)[C@H](O)[C@@H]1O)OC(=O)CCCCCCCCCCCCCC(C)C. The fourth-order valence-electron chi connectivity index (χ4n) is 7.27. The van der Waals surface area contributed by atoms with Gasteiger partial charge in [-0.2, -0.15) is 9.29 Å². The lowest BCUT2D eigenvalue weighted by atomic mass is 10.0. The second-order valence-corrected chi connectivity index (χ2v) is 21.0. The van der Waals surface area contributed by atoms with E-state index in [1.54, 1.807) is 0 Å². The number of carbonyl (C=O) groups excluding carboxylic acids is 2. The van der Waals surface area contributed by atoms with Gasteiger partial charge in [0.2, 0.25) is 0 Å². The van der Waals surface area contributed by atoms with Crippen molar-refractivity contribution >= 4 is 33.4 Å². The van der Waals surface area contributed by atoms with Crippen molar-refractivity contribution in [3.05, 3.63) is 71.4 Å². The van der Waals surface area contributed by atoms with Gasteiger partial charge in [-0.3, -0.25) is 23.2 Å². The highest BCUT2D eigenvalue weighted by molar-refractivity contribution is 7.61. The number of unbranched alkanes of at least 4 members (excludes halogenated alkanes) is 11. The predicted molar refractivity (Wildman–Crippen MR) is 267 cm³/mol. The molecular weight excluding hydrogens is 948 g/mol. The molecule has 19 nitrogen and oxygen atoms in total. The molecule has 0 amide bonds. The number of allylic oxidation sites excluding steroid dienone is 7. The molecule has 7 N–H and O–H groups in total. The highest BCUT2D eigenvalue weighted by Gasteiger charge is 2.46. The van der Waals surface area contributed by atoms with Crippen molar-refractivity contribution < 1.29 is 71.4 Å². The van der Waals surface area contributed by atoms with Crippen LogP contribution in [0.3, 0.4) is 0 Å². The van der Waals surface area contributed by atoms with Gasteiger partial charge in [0.1, 0.15) is 30.7 Å². The van der Waals surface area contributed by atoms with E-state index in [0.29, 0.717) is 25.7 Å². The summed E-state index contributed by atoms with van der Waals surface area (Å²) in [5.41, 5.74) is 4.58. The third kappa shape index (κ3) is 29.9. The Kier molecular flexibility index (Phi) is 32.8. The maximum absolute atomic E-state index is 12.8. The molecular formula is C49H83N3O16P2. The number of aliphatic hydroxyl groups is 3. The van der Waals surface area contributed by atoms with Crippen LogP contribution < -0.4 is 11.4 Å². The van der Waals surface area contributed by atoms with Crippen molar-refractivity contribution in [2.45, 2.75) is 199 Å². The highest BCUT2D eigenvalue weighted by atomic mass is 31.3. The highest BCUT2D eigenvalue weighted by Crippen LogP contribution is 2.60. The number of nitrogens with zero attached hydrogens (tertiary/aromatic N) is 2. The molecule has 0 saturated carbocycles. The minimum absolute atomic E-state index is 0.0312. The third-order valence-electron chi connectivity index (χ3n) is 11.2. The molecule has 0 bridgehead atoms. The fourth-order valence-corrected chi connectivity index (χ4v) is 9.38. The van der Waals surface area contributed by atoms with Crippen LogP contribution in [0, 0.1) is 5.92 Å². The van der Waals surface area contributed by atoms with Gasteiger partial charge in [0.05, 0.1) is 19.3 Å². The summed E-state index contributed by atoms with van der Waals surface area (Å²) < 4.78 is 56.7. The summed E-state index contributed by atoms with van der Waals surface area (Å²) in [5.74, 6) is -0.632. The van der Waals surface area contributed by atoms with E-state index in [9.17, 15) is 48.6 Å². The van der Waals surface area contributed by atoms with Crippen LogP contribution in [0.2, 0.25) is 0 Å². The number of esters is 2. The van der Waals surface area contributed by atoms with Crippen LogP contribution in [-0.4, -0.2) is 96.9 Å². The number of anilines is 1. The zero-order valence-corrected chi connectivity index (χ0v) is 43.4. The number of nitrogens with two attached hydrogens (primary N) is 1. The summed E-state index contributed by atoms with van der Waals surface area (Å²) in [6.45, 7) is 4.18. The molecule has 21 heteroatoms. The quantitative estimate of drug-likeness (QED) is 0.0155. The van der Waals surface area contributed by atoms with Crippen LogP contribution in [0.5, 0.6) is 0 Å². The van der Waals surface area contributed by atoms with Gasteiger partial charge in [-0.15, -0.1) is 0 Å². The van der Waals surface area contributed by atoms with Gasteiger partial charge in [-0.1, -0.05) is 146 Å². The number of aliphatic hydroxyl groups excluding tert-OH is 3. The Morgan fingerprint density at radius 1 is 0.771 bits per heavy atom. The lowest BCUT2D eigenvalue weighted by molar-refractivity contribution is -0.161. The molecule has 8 atom stereocenters. The largest absolute Gasteiger partial charge is 0.481 e. The van der Waals surface area contributed by atoms with Gasteiger partial charge in [0, 0.05) is 19.0 Å². The topological polar surface area (TPSA) is 286 Å². The number of hydrogen-bond donors (Lipinski definition) is 6. The molecule has 0 spiro atoms. The summed E-state index contributed by atoms with van der Waals surface area (Å²) in [7, 11) is -10.9. The number of ether oxygens (including phenoxy) is 3. The van der Waals surface area contributed by atoms with Gasteiger partial charge in [-0.05, 0) is 63.4 Å². The van der Waals surface area contributed by atoms with E-state index in [1.165, 1.54) is 51.0 Å². The van der Waals surface area contributed by atoms with E-state index >= 15 is 0 Å². The molecule has 1 aliphatic rings. The van der Waals surface area contributed by atoms with Crippen LogP contribution >= 0.6 is 15.6 Å². The Bertz CT molecular complexity index is 1890. The standard InChI is InChI=1S/C49H83N3O16P2/c1-4-29-40(53)31-26-22-18-14-10-6-5-7-11-15-19-23-27-32-44(54)63-36-41(66-45(55)33-28-24-20-16-12-8-9-13-17-21-25-30-39(2)3)37-64-69(59,60)68-70(61,62)65-38-42-46(56)47(57)48(67-42)52-35-34-43(50)51-49(52)58/h5,7,10,14-15,19,22,26,34-35,39-42,46-48,53,56-57H,4,6,8-9,11-13,16-18,20-21,23-25,27-33,36-38H2,1-3H3,(H,59,60)(H,61,62)(H2,50,51,58)/b7-5-,14-10-,19-15-,26-22-/t40?,41-,42-,46-,47-,48-/m1/s1. The molecule has 3 unspecified atom stereocenters. The first-order chi connectivity index (χ1) is 33.4. The normalized spacial score (nSPS) is 20.2. The zero-order chi connectivity index (χ0) is 51.6. The number of carbonyl (C=O) groups is 2. The van der Waals surface area contributed by atoms with E-state index in [4.69, 9.17) is 29.0 Å². The molecule has 2 rings (SSSR count). The Morgan fingerprint density at radius 2 is 1.33 bits per heavy atom. The van der Waals surface area contributed by atoms with E-state index in [1.807, 2.05) is 30.4 Å². The van der Waals surface area contributed by atoms with Gasteiger partial charge >= 0.3 is 33.3 Å². The Labute approximate surface area is 414 Å². The maximum Gasteiger partial charge on any atom is 0.481 e. The summed E-state index contributed by atoms with van der Waals surface area (Å²) in [4.78, 5) is 61.8. The van der Waals surface area contributed by atoms with Crippen LogP contribution in [-0.2, 0) is 46.3 Å². The second-order valence-electron chi connectivity index (χ2n) is 18.0. The van der Waals surface area contributed by atoms with Crippen molar-refractivity contribution in [3.63, 3.8) is 0 Å². The summed E-state index contributed by atoms with van der Waals surface area (Å²) in [5, 5.41) is 30.7. The zero-order valence-electron chi connectivity index (χ0n) is 41.6. The second kappa shape index (κ2) is 36.6. The molecule has 400 valence electrons. The van der Waals surface area contributed by atoms with Gasteiger partial charge < -0.3 is 45.1 Å². The number of phosphoric acid groups is 2. The molecule has 1 saturated heterocycles. The molecule has 2 heterocycles. The van der Waals surface area contributed by atoms with Gasteiger partial charge in [0.25, 0.3) is 0 Å². The molecule has 1 aromatic rings. The maximum atomic E-state index is 12.8. The molecule has 0 aliphatic carbocycles. The van der Waals surface area contributed by atoms with Crippen molar-refractivity contribution in [3.8, 4) is 0 Å². The van der Waals surface area contributed by atoms with Gasteiger partial charge in [-0.25, -0.2) is 13.9 Å². The van der Waals surface area contributed by atoms with Crippen molar-refractivity contribution in [2.75, 3.05) is 25.6 Å². The average molecular weight is 1030 g/mol. The summed E-state index contributed by atoms with van der Waals surface area (Å²) in [6, 6.07) is 1.24. The monoisotopic (exact) mass is 1030 g/mol. The first-order valence-corrected chi connectivity index (χ1v) is 28.1. The molecule has 0 radical (unpaired) electrons. The number of rotatable bonds is 40. The summed E-state index contributed by atoms with van der Waals surface area (Å²) in [6.07, 6.45) is 28.5. The number of phosphoric ester groups is 2. The Morgan fingerprint density at radius 3 is 1.93 bits per heavy atom. The first-order valence-electron chi connectivity index (χ1n) is 25.1. The fraction of sp³-hybridized carbons (Fsp3) is 0.714. The third-order valence-corrected chi connectivity index (χ3v) is 13.8. The lowest BCUT2D eigenvalue weighted by Gasteiger charge is -2.21. The smallest absolute Gasteiger partial charge is 0.462 e. The molecule has 1 aromatic heterocycles. The van der Waals surface area contributed by atoms with Crippen LogP contribution in [0.15, 0.2) is 65.7 Å². The van der Waals surface area contributed by atoms with Gasteiger partial charge in [0.15, 0.2) is 12.3 Å². The lowest BCUT2D eigenvalue weighted by Crippen LogP contribution is -2.36. The molecule has 1 fully saturated rings. The van der Waals surface area contributed by atoms with Crippen LogP contribution in [0.4, 0.5) is 5.82 Å². The number of aromatic nitrogens is 2. The Balaban J connectivity index is 1.83. The van der Waals surface area contributed by atoms with Crippen molar-refractivity contribution in [2.24, 2.45) is 5.92 Å². The minimum Gasteiger partial charge on any atom is -0.462 e. The first kappa shape index (κ1) is 62.8. The van der Waals surface area contributed by atoms with Crippen LogP contribution in [0.1, 0.15) is 168 Å². The van der Waals surface area contributed by atoms with Crippen molar-refractivity contribution in [1.29, 1.82) is 0 Å². The van der Waals surface area contributed by atoms with Crippen molar-refractivity contribution in [1.82, 2.24) is 9.55 Å². The minimum atomic E-state index is -5.44. The van der Waals surface area contributed by atoms with Crippen LogP contribution in [0.25, 0.3) is 0 Å². The average Bonchev–Trinajstić information content (AvgIpc) is 3.57. The van der Waals surface area contributed by atoms with E-state index in [-0.39, 0.29) is 24.8 Å². The Hall–Kier alpha value is -3.32. The molecule has 70 heavy (non-hydrogen) atoms. The molecule has 0 aromatic carbocycles. The van der Waals surface area contributed by atoms with E-state index in [0.717, 1.165) is 74.5 Å². The van der Waals surface area contributed by atoms with E-state index in [2.05, 4.69) is 48.3 Å².